The first-order chi connectivity index (χ1) is 10.5. The Balaban J connectivity index is 1.76. The first-order valence-corrected chi connectivity index (χ1v) is 7.04. The van der Waals surface area contributed by atoms with Crippen molar-refractivity contribution in [2.75, 3.05) is 6.54 Å². The van der Waals surface area contributed by atoms with Gasteiger partial charge in [0.05, 0.1) is 24.4 Å². The summed E-state index contributed by atoms with van der Waals surface area (Å²) in [6.07, 6.45) is 1.71. The molecular formula is C16H14ClFN2O2. The van der Waals surface area contributed by atoms with Crippen molar-refractivity contribution in [1.82, 2.24) is 10.3 Å². The van der Waals surface area contributed by atoms with Crippen LogP contribution in [0.4, 0.5) is 4.39 Å². The Hall–Kier alpha value is -2.27. The van der Waals surface area contributed by atoms with Crippen molar-refractivity contribution < 1.29 is 14.0 Å². The van der Waals surface area contributed by atoms with Gasteiger partial charge in [-0.1, -0.05) is 23.7 Å². The van der Waals surface area contributed by atoms with Gasteiger partial charge >= 0.3 is 0 Å². The minimum Gasteiger partial charge on any atom is -0.349 e. The number of Topliss-reactive ketones (excluding diaryl/α,β-unsaturated/α-hetero) is 1. The van der Waals surface area contributed by atoms with E-state index in [0.29, 0.717) is 16.3 Å². The van der Waals surface area contributed by atoms with Gasteiger partial charge in [0, 0.05) is 11.9 Å². The van der Waals surface area contributed by atoms with E-state index in [1.54, 1.807) is 12.1 Å². The van der Waals surface area contributed by atoms with Crippen LogP contribution in [0.15, 0.2) is 42.6 Å². The van der Waals surface area contributed by atoms with E-state index in [1.165, 1.54) is 30.5 Å². The monoisotopic (exact) mass is 320 g/mol. The highest BCUT2D eigenvalue weighted by Crippen LogP contribution is 2.07. The van der Waals surface area contributed by atoms with E-state index < -0.39 is 0 Å². The molecule has 0 unspecified atom stereocenters. The number of amides is 1. The summed E-state index contributed by atoms with van der Waals surface area (Å²) < 4.78 is 12.8. The third-order valence-electron chi connectivity index (χ3n) is 2.93. The fourth-order valence-corrected chi connectivity index (χ4v) is 1.93. The first-order valence-electron chi connectivity index (χ1n) is 6.66. The number of nitrogens with zero attached hydrogens (tertiary/aromatic N) is 1. The number of halogens is 2. The molecule has 1 N–H and O–H groups in total. The molecule has 0 saturated carbocycles. The molecule has 2 rings (SSSR count). The lowest BCUT2D eigenvalue weighted by Gasteiger charge is -2.05. The maximum atomic E-state index is 12.8. The van der Waals surface area contributed by atoms with Crippen LogP contribution in [0.25, 0.3) is 0 Å². The zero-order chi connectivity index (χ0) is 15.9. The molecule has 6 heteroatoms. The van der Waals surface area contributed by atoms with Crippen LogP contribution in [-0.2, 0) is 22.4 Å². The second-order valence-corrected chi connectivity index (χ2v) is 5.20. The van der Waals surface area contributed by atoms with Gasteiger partial charge in [-0.05, 0) is 29.8 Å². The molecular weight excluding hydrogens is 307 g/mol. The van der Waals surface area contributed by atoms with E-state index in [-0.39, 0.29) is 36.9 Å². The van der Waals surface area contributed by atoms with Gasteiger partial charge in [0.1, 0.15) is 5.82 Å². The highest BCUT2D eigenvalue weighted by atomic mass is 35.5. The highest BCUT2D eigenvalue weighted by Gasteiger charge is 2.08. The molecule has 0 bridgehead atoms. The van der Waals surface area contributed by atoms with Crippen LogP contribution in [0, 0.1) is 5.82 Å². The van der Waals surface area contributed by atoms with Crippen molar-refractivity contribution in [1.29, 1.82) is 0 Å². The van der Waals surface area contributed by atoms with Gasteiger partial charge in [-0.2, -0.15) is 0 Å². The van der Waals surface area contributed by atoms with Crippen molar-refractivity contribution in [3.8, 4) is 0 Å². The van der Waals surface area contributed by atoms with E-state index in [9.17, 15) is 14.0 Å². The van der Waals surface area contributed by atoms with E-state index >= 15 is 0 Å². The summed E-state index contributed by atoms with van der Waals surface area (Å²) in [5, 5.41) is 3.04. The van der Waals surface area contributed by atoms with Crippen LogP contribution in [0.2, 0.25) is 5.02 Å². The summed E-state index contributed by atoms with van der Waals surface area (Å²) >= 11 is 5.71. The summed E-state index contributed by atoms with van der Waals surface area (Å²) in [5.41, 5.74) is 1.29. The molecule has 1 aromatic heterocycles. The average Bonchev–Trinajstić information content (AvgIpc) is 2.50. The summed E-state index contributed by atoms with van der Waals surface area (Å²) in [6.45, 7) is -0.0651. The largest absolute Gasteiger partial charge is 0.349 e. The summed E-state index contributed by atoms with van der Waals surface area (Å²) in [4.78, 5) is 27.5. The maximum Gasteiger partial charge on any atom is 0.224 e. The summed E-state index contributed by atoms with van der Waals surface area (Å²) in [5.74, 6) is -0.791. The van der Waals surface area contributed by atoms with Crippen LogP contribution in [-0.4, -0.2) is 23.2 Å². The molecule has 0 saturated heterocycles. The number of pyridine rings is 1. The Bertz CT molecular complexity index is 597. The Morgan fingerprint density at radius 1 is 1.09 bits per heavy atom. The topological polar surface area (TPSA) is 59.1 Å². The molecule has 0 spiro atoms. The normalized spacial score (nSPS) is 10.3. The predicted molar refractivity (Wildman–Crippen MR) is 81.1 cm³/mol. The number of rotatable bonds is 6. The minimum absolute atomic E-state index is 0.0651. The van der Waals surface area contributed by atoms with Crippen LogP contribution >= 0.6 is 11.6 Å². The van der Waals surface area contributed by atoms with Gasteiger partial charge in [-0.15, -0.1) is 0 Å². The number of ketones is 1. The quantitative estimate of drug-likeness (QED) is 0.888. The van der Waals surface area contributed by atoms with Crippen molar-refractivity contribution in [2.45, 2.75) is 12.8 Å². The zero-order valence-corrected chi connectivity index (χ0v) is 12.4. The van der Waals surface area contributed by atoms with Gasteiger partial charge in [-0.25, -0.2) is 4.39 Å². The molecule has 0 aliphatic carbocycles. The van der Waals surface area contributed by atoms with Crippen molar-refractivity contribution in [3.63, 3.8) is 0 Å². The lowest BCUT2D eigenvalue weighted by atomic mass is 10.1. The molecule has 1 amide bonds. The number of hydrogen-bond acceptors (Lipinski definition) is 3. The van der Waals surface area contributed by atoms with E-state index in [1.807, 2.05) is 0 Å². The van der Waals surface area contributed by atoms with Crippen molar-refractivity contribution >= 4 is 23.3 Å². The van der Waals surface area contributed by atoms with E-state index in [4.69, 9.17) is 11.6 Å². The van der Waals surface area contributed by atoms with Crippen LogP contribution in [0.5, 0.6) is 0 Å². The predicted octanol–water partition coefficient (Wildman–Crippen LogP) is 2.34. The molecule has 22 heavy (non-hydrogen) atoms. The molecule has 2 aromatic rings. The van der Waals surface area contributed by atoms with Crippen LogP contribution in [0.3, 0.4) is 0 Å². The average molecular weight is 321 g/mol. The lowest BCUT2D eigenvalue weighted by Crippen LogP contribution is -2.31. The molecule has 0 radical (unpaired) electrons. The van der Waals surface area contributed by atoms with E-state index in [2.05, 4.69) is 10.3 Å². The van der Waals surface area contributed by atoms with Gasteiger partial charge in [0.15, 0.2) is 5.78 Å². The van der Waals surface area contributed by atoms with Crippen LogP contribution < -0.4 is 5.32 Å². The van der Waals surface area contributed by atoms with Crippen molar-refractivity contribution in [2.24, 2.45) is 0 Å². The SMILES string of the molecule is O=C(CNC(=O)Cc1ccc(F)cc1)Cc1ccc(Cl)cn1. The number of nitrogens with one attached hydrogen (secondary N) is 1. The molecule has 0 atom stereocenters. The van der Waals surface area contributed by atoms with Crippen molar-refractivity contribution in [3.05, 3.63) is 64.7 Å². The molecule has 0 fully saturated rings. The Kier molecular flexibility index (Phi) is 5.61. The van der Waals surface area contributed by atoms with E-state index in [0.717, 1.165) is 0 Å². The minimum atomic E-state index is -0.352. The zero-order valence-electron chi connectivity index (χ0n) is 11.7. The standard InChI is InChI=1S/C16H14ClFN2O2/c17-12-3-6-14(19-9-12)8-15(21)10-20-16(22)7-11-1-4-13(18)5-2-11/h1-6,9H,7-8,10H2,(H,20,22). The first kappa shape index (κ1) is 16.1. The summed E-state index contributed by atoms with van der Waals surface area (Å²) in [7, 11) is 0. The third-order valence-corrected chi connectivity index (χ3v) is 3.15. The second kappa shape index (κ2) is 7.66. The Labute approximate surface area is 132 Å². The molecule has 114 valence electrons. The fraction of sp³-hybridized carbons (Fsp3) is 0.188. The highest BCUT2D eigenvalue weighted by molar-refractivity contribution is 6.30. The molecule has 1 aromatic carbocycles. The fourth-order valence-electron chi connectivity index (χ4n) is 1.82. The molecule has 4 nitrogen and oxygen atoms in total. The third kappa shape index (κ3) is 5.26. The lowest BCUT2D eigenvalue weighted by molar-refractivity contribution is -0.124. The van der Waals surface area contributed by atoms with Gasteiger partial charge in [0.2, 0.25) is 5.91 Å². The number of hydrogen-bond donors (Lipinski definition) is 1. The number of benzene rings is 1. The van der Waals surface area contributed by atoms with Gasteiger partial charge < -0.3 is 5.32 Å². The molecule has 0 aliphatic rings. The van der Waals surface area contributed by atoms with Crippen LogP contribution in [0.1, 0.15) is 11.3 Å². The number of carbonyl (C=O) groups is 2. The Morgan fingerprint density at radius 2 is 1.82 bits per heavy atom. The molecule has 0 aliphatic heterocycles. The molecule has 1 heterocycles. The summed E-state index contributed by atoms with van der Waals surface area (Å²) in [6, 6.07) is 8.98. The second-order valence-electron chi connectivity index (χ2n) is 4.76. The number of carbonyl (C=O) groups excluding carboxylic acids is 2. The Morgan fingerprint density at radius 3 is 2.45 bits per heavy atom. The van der Waals surface area contributed by atoms with Gasteiger partial charge in [0.25, 0.3) is 0 Å². The maximum absolute atomic E-state index is 12.8. The number of aromatic nitrogens is 1. The van der Waals surface area contributed by atoms with Gasteiger partial charge in [-0.3, -0.25) is 14.6 Å². The smallest absolute Gasteiger partial charge is 0.224 e.